The summed E-state index contributed by atoms with van der Waals surface area (Å²) in [6.45, 7) is 0. The maximum Gasteiger partial charge on any atom is 0.236 e. The molecule has 2 atom stereocenters. The highest BCUT2D eigenvalue weighted by molar-refractivity contribution is 14.1. The monoisotopic (exact) mass is 402 g/mol. The molecule has 3 aromatic rings. The highest BCUT2D eigenvalue weighted by Gasteiger charge is 2.65. The number of H-pyrrole nitrogens is 1. The zero-order chi connectivity index (χ0) is 14.9. The molecule has 1 spiro atoms. The molecule has 0 radical (unpaired) electrons. The van der Waals surface area contributed by atoms with Crippen molar-refractivity contribution in [3.8, 4) is 0 Å². The summed E-state index contributed by atoms with van der Waals surface area (Å²) in [4.78, 5) is 16.8. The molecular formula is C16H11IN4O. The first kappa shape index (κ1) is 12.6. The van der Waals surface area contributed by atoms with E-state index in [2.05, 4.69) is 61.3 Å². The van der Waals surface area contributed by atoms with Crippen molar-refractivity contribution in [1.29, 1.82) is 0 Å². The number of aromatic amines is 1. The zero-order valence-corrected chi connectivity index (χ0v) is 13.6. The molecule has 2 aromatic heterocycles. The largest absolute Gasteiger partial charge is 0.310 e. The number of fused-ring (bicyclic) bond motifs is 3. The van der Waals surface area contributed by atoms with Gasteiger partial charge in [-0.2, -0.15) is 5.10 Å². The number of halogens is 1. The van der Waals surface area contributed by atoms with Gasteiger partial charge < -0.3 is 5.32 Å². The maximum absolute atomic E-state index is 12.5. The molecule has 0 saturated heterocycles. The summed E-state index contributed by atoms with van der Waals surface area (Å²) in [7, 11) is 0. The molecule has 22 heavy (non-hydrogen) atoms. The third kappa shape index (κ3) is 1.45. The minimum absolute atomic E-state index is 0.0721. The minimum Gasteiger partial charge on any atom is -0.310 e. The molecule has 1 aliphatic heterocycles. The van der Waals surface area contributed by atoms with Crippen molar-refractivity contribution in [2.24, 2.45) is 0 Å². The molecule has 5 nitrogen and oxygen atoms in total. The van der Waals surface area contributed by atoms with Crippen LogP contribution in [0, 0.1) is 3.70 Å². The molecule has 2 aliphatic rings. The predicted molar refractivity (Wildman–Crippen MR) is 90.7 cm³/mol. The summed E-state index contributed by atoms with van der Waals surface area (Å²) >= 11 is 2.24. The molecule has 6 heteroatoms. The fourth-order valence-corrected chi connectivity index (χ4v) is 4.21. The number of benzene rings is 1. The van der Waals surface area contributed by atoms with Crippen molar-refractivity contribution >= 4 is 45.2 Å². The normalized spacial score (nSPS) is 25.5. The van der Waals surface area contributed by atoms with E-state index in [0.29, 0.717) is 5.82 Å². The van der Waals surface area contributed by atoms with Crippen molar-refractivity contribution < 1.29 is 4.79 Å². The van der Waals surface area contributed by atoms with E-state index in [9.17, 15) is 4.79 Å². The molecule has 1 fully saturated rings. The number of carbonyl (C=O) groups is 1. The van der Waals surface area contributed by atoms with Gasteiger partial charge in [-0.05, 0) is 52.8 Å². The molecule has 1 saturated carbocycles. The van der Waals surface area contributed by atoms with E-state index >= 15 is 0 Å². The van der Waals surface area contributed by atoms with Gasteiger partial charge in [-0.3, -0.25) is 9.89 Å². The fraction of sp³-hybridized carbons (Fsp3) is 0.188. The van der Waals surface area contributed by atoms with Gasteiger partial charge in [-0.15, -0.1) is 0 Å². The number of hydrogen-bond donors (Lipinski definition) is 2. The van der Waals surface area contributed by atoms with Gasteiger partial charge in [0.25, 0.3) is 0 Å². The number of anilines is 1. The quantitative estimate of drug-likeness (QED) is 0.615. The first-order chi connectivity index (χ1) is 10.7. The van der Waals surface area contributed by atoms with Crippen LogP contribution in [-0.2, 0) is 10.2 Å². The van der Waals surface area contributed by atoms with Crippen LogP contribution in [0.3, 0.4) is 0 Å². The SMILES string of the molecule is O=C1Nc2ncccc2[C@]12C[C@H]2c1ccc2c(I)[nH]nc2c1. The van der Waals surface area contributed by atoms with Crippen LogP contribution >= 0.6 is 22.6 Å². The van der Waals surface area contributed by atoms with Gasteiger partial charge in [-0.1, -0.05) is 12.1 Å². The lowest BCUT2D eigenvalue weighted by Gasteiger charge is -2.08. The lowest BCUT2D eigenvalue weighted by atomic mass is 9.93. The Morgan fingerprint density at radius 3 is 3.14 bits per heavy atom. The van der Waals surface area contributed by atoms with Crippen LogP contribution in [0.1, 0.15) is 23.5 Å². The van der Waals surface area contributed by atoms with E-state index in [1.165, 1.54) is 5.56 Å². The summed E-state index contributed by atoms with van der Waals surface area (Å²) in [6.07, 6.45) is 2.55. The Morgan fingerprint density at radius 1 is 1.32 bits per heavy atom. The van der Waals surface area contributed by atoms with Crippen molar-refractivity contribution in [1.82, 2.24) is 15.2 Å². The Bertz CT molecular complexity index is 950. The average molecular weight is 402 g/mol. The molecule has 1 aliphatic carbocycles. The van der Waals surface area contributed by atoms with E-state index < -0.39 is 5.41 Å². The molecule has 108 valence electrons. The number of pyridine rings is 1. The van der Waals surface area contributed by atoms with Gasteiger partial charge in [0.2, 0.25) is 5.91 Å². The number of nitrogens with one attached hydrogen (secondary N) is 2. The molecule has 1 amide bonds. The van der Waals surface area contributed by atoms with Gasteiger partial charge in [0.1, 0.15) is 9.52 Å². The van der Waals surface area contributed by atoms with Gasteiger partial charge in [0.05, 0.1) is 10.9 Å². The lowest BCUT2D eigenvalue weighted by molar-refractivity contribution is -0.118. The second kappa shape index (κ2) is 4.07. The lowest BCUT2D eigenvalue weighted by Crippen LogP contribution is -2.20. The average Bonchev–Trinajstić information content (AvgIpc) is 3.10. The van der Waals surface area contributed by atoms with Crippen LogP contribution in [0.25, 0.3) is 10.9 Å². The fourth-order valence-electron chi connectivity index (χ4n) is 3.63. The molecule has 2 N–H and O–H groups in total. The predicted octanol–water partition coefficient (Wildman–Crippen LogP) is 2.94. The van der Waals surface area contributed by atoms with Crippen LogP contribution in [0.4, 0.5) is 5.82 Å². The highest BCUT2D eigenvalue weighted by Crippen LogP contribution is 2.64. The van der Waals surface area contributed by atoms with E-state index in [-0.39, 0.29) is 11.8 Å². The molecule has 5 rings (SSSR count). The Hall–Kier alpha value is -1.96. The molecule has 0 unspecified atom stereocenters. The topological polar surface area (TPSA) is 70.7 Å². The number of aromatic nitrogens is 3. The van der Waals surface area contributed by atoms with Crippen molar-refractivity contribution in [3.05, 3.63) is 51.4 Å². The van der Waals surface area contributed by atoms with Gasteiger partial charge in [0, 0.05) is 23.1 Å². The van der Waals surface area contributed by atoms with Gasteiger partial charge >= 0.3 is 0 Å². The van der Waals surface area contributed by atoms with Crippen LogP contribution in [-0.4, -0.2) is 21.1 Å². The van der Waals surface area contributed by atoms with Crippen molar-refractivity contribution in [2.75, 3.05) is 5.32 Å². The smallest absolute Gasteiger partial charge is 0.236 e. The summed E-state index contributed by atoms with van der Waals surface area (Å²) < 4.78 is 1.04. The Balaban J connectivity index is 1.62. The van der Waals surface area contributed by atoms with Crippen LogP contribution < -0.4 is 5.32 Å². The van der Waals surface area contributed by atoms with Crippen LogP contribution in [0.5, 0.6) is 0 Å². The van der Waals surface area contributed by atoms with Crippen molar-refractivity contribution in [2.45, 2.75) is 17.8 Å². The Kier molecular flexibility index (Phi) is 2.32. The zero-order valence-electron chi connectivity index (χ0n) is 11.4. The number of rotatable bonds is 1. The third-order valence-corrected chi connectivity index (χ3v) is 5.64. The molecule has 3 heterocycles. The maximum atomic E-state index is 12.5. The van der Waals surface area contributed by atoms with Crippen LogP contribution in [0.2, 0.25) is 0 Å². The number of amides is 1. The highest BCUT2D eigenvalue weighted by atomic mass is 127. The van der Waals surface area contributed by atoms with E-state index in [4.69, 9.17) is 0 Å². The number of hydrogen-bond acceptors (Lipinski definition) is 3. The first-order valence-electron chi connectivity index (χ1n) is 7.10. The van der Waals surface area contributed by atoms with Crippen LogP contribution in [0.15, 0.2) is 36.5 Å². The third-order valence-electron chi connectivity index (χ3n) is 4.82. The second-order valence-corrected chi connectivity index (χ2v) is 6.97. The second-order valence-electron chi connectivity index (χ2n) is 5.90. The Morgan fingerprint density at radius 2 is 2.23 bits per heavy atom. The van der Waals surface area contributed by atoms with E-state index in [1.54, 1.807) is 6.20 Å². The summed E-state index contributed by atoms with van der Waals surface area (Å²) in [6, 6.07) is 10.2. The number of carbonyl (C=O) groups excluding carboxylic acids is 1. The summed E-state index contributed by atoms with van der Waals surface area (Å²) in [5.41, 5.74) is 2.72. The van der Waals surface area contributed by atoms with Crippen molar-refractivity contribution in [3.63, 3.8) is 0 Å². The number of nitrogens with zero attached hydrogens (tertiary/aromatic N) is 2. The summed E-state index contributed by atoms with van der Waals surface area (Å²) in [5.74, 6) is 0.991. The van der Waals surface area contributed by atoms with E-state index in [0.717, 1.165) is 26.6 Å². The van der Waals surface area contributed by atoms with Gasteiger partial charge in [0.15, 0.2) is 0 Å². The standard InChI is InChI=1S/C16H11IN4O/c17-13-9-4-3-8(6-12(9)20-21-13)11-7-16(11)10-2-1-5-18-14(10)19-15(16)22/h1-6,11H,7H2,(H,20,21)(H,18,19,22)/t11-,16-/m0/s1. The first-order valence-corrected chi connectivity index (χ1v) is 8.18. The molecule has 1 aromatic carbocycles. The van der Waals surface area contributed by atoms with Gasteiger partial charge in [-0.25, -0.2) is 4.98 Å². The summed E-state index contributed by atoms with van der Waals surface area (Å²) in [5, 5.41) is 11.4. The molecular weight excluding hydrogens is 391 g/mol. The molecule has 0 bridgehead atoms. The Labute approximate surface area is 139 Å². The minimum atomic E-state index is -0.430. The van der Waals surface area contributed by atoms with E-state index in [1.807, 2.05) is 12.1 Å².